The number of piperidine rings is 1. The molecule has 1 rings (SSSR count). The van der Waals surface area contributed by atoms with Gasteiger partial charge in [-0.15, -0.1) is 0 Å². The van der Waals surface area contributed by atoms with Gasteiger partial charge in [0.05, 0.1) is 0 Å². The molecule has 162 valence electrons. The molecule has 0 atom stereocenters. The Hall–Kier alpha value is -2.07. The van der Waals surface area contributed by atoms with Gasteiger partial charge in [-0.25, -0.2) is 0 Å². The molecule has 0 aromatic heterocycles. The van der Waals surface area contributed by atoms with Crippen LogP contribution >= 0.6 is 0 Å². The van der Waals surface area contributed by atoms with Crippen molar-refractivity contribution in [3.63, 3.8) is 0 Å². The predicted molar refractivity (Wildman–Crippen MR) is 124 cm³/mol. The van der Waals surface area contributed by atoms with E-state index in [1.165, 1.54) is 25.8 Å². The van der Waals surface area contributed by atoms with Gasteiger partial charge in [0.15, 0.2) is 5.78 Å². The number of ketones is 1. The highest BCUT2D eigenvalue weighted by Gasteiger charge is 2.20. The van der Waals surface area contributed by atoms with Gasteiger partial charge in [0.1, 0.15) is 11.9 Å². The lowest BCUT2D eigenvalue weighted by atomic mass is 10.0. The number of ether oxygens (including phenoxy) is 1. The van der Waals surface area contributed by atoms with Crippen molar-refractivity contribution in [2.45, 2.75) is 65.9 Å². The van der Waals surface area contributed by atoms with Crippen LogP contribution in [0, 0.1) is 0 Å². The van der Waals surface area contributed by atoms with Crippen LogP contribution in [0.1, 0.15) is 59.8 Å². The van der Waals surface area contributed by atoms with Crippen molar-refractivity contribution in [1.29, 1.82) is 0 Å². The topological polar surface area (TPSA) is 41.6 Å². The van der Waals surface area contributed by atoms with E-state index in [9.17, 15) is 4.79 Å². The molecule has 0 saturated carbocycles. The summed E-state index contributed by atoms with van der Waals surface area (Å²) in [6.45, 7) is 15.2. The first-order chi connectivity index (χ1) is 13.9. The molecule has 4 heteroatoms. The maximum Gasteiger partial charge on any atom is 0.152 e. The molecule has 0 spiro atoms. The molecule has 1 aliphatic heterocycles. The van der Waals surface area contributed by atoms with Gasteiger partial charge >= 0.3 is 0 Å². The van der Waals surface area contributed by atoms with Crippen LogP contribution in [0.4, 0.5) is 0 Å². The highest BCUT2D eigenvalue weighted by molar-refractivity contribution is 5.87. The third-order valence-electron chi connectivity index (χ3n) is 5.30. The Morgan fingerprint density at radius 3 is 2.38 bits per heavy atom. The van der Waals surface area contributed by atoms with Crippen molar-refractivity contribution in [2.24, 2.45) is 0 Å². The van der Waals surface area contributed by atoms with Crippen molar-refractivity contribution < 1.29 is 9.53 Å². The van der Waals surface area contributed by atoms with E-state index in [4.69, 9.17) is 4.74 Å². The molecule has 4 nitrogen and oxygen atoms in total. The molecule has 0 unspecified atom stereocenters. The fraction of sp³-hybridized carbons (Fsp3) is 0.560. The summed E-state index contributed by atoms with van der Waals surface area (Å²) in [5, 5.41) is 3.16. The Morgan fingerprint density at radius 2 is 1.83 bits per heavy atom. The highest BCUT2D eigenvalue weighted by Crippen LogP contribution is 2.19. The first kappa shape index (κ1) is 25.0. The molecule has 1 aliphatic rings. The summed E-state index contributed by atoms with van der Waals surface area (Å²) < 4.78 is 6.20. The number of hydrogen-bond acceptors (Lipinski definition) is 4. The Morgan fingerprint density at radius 1 is 1.14 bits per heavy atom. The van der Waals surface area contributed by atoms with Crippen LogP contribution in [0.25, 0.3) is 0 Å². The molecule has 1 N–H and O–H groups in total. The Bertz CT molecular complexity index is 648. The number of nitrogens with one attached hydrogen (secondary N) is 1. The number of nitrogens with zero attached hydrogens (tertiary/aromatic N) is 1. The zero-order valence-corrected chi connectivity index (χ0v) is 19.1. The second-order valence-corrected chi connectivity index (χ2v) is 7.72. The standard InChI is InChI=1S/C25H40N2O2/c1-7-9-10-17-27-18-15-24(16-19-27)29-23(8-2)13-11-20(3)25(22(5)26-6)14-12-21(4)28/h8,11-14,24,26H,2,7,9-10,15-19H2,1,3-6H3/b14-12-,20-11+,23-13+,25-22+. The summed E-state index contributed by atoms with van der Waals surface area (Å²) in [5.74, 6) is 0.830. The van der Waals surface area contributed by atoms with Crippen LogP contribution in [0.2, 0.25) is 0 Å². The Kier molecular flexibility index (Phi) is 12.1. The van der Waals surface area contributed by atoms with E-state index in [1.807, 2.05) is 39.1 Å². The summed E-state index contributed by atoms with van der Waals surface area (Å²) in [4.78, 5) is 13.9. The first-order valence-electron chi connectivity index (χ1n) is 10.9. The third-order valence-corrected chi connectivity index (χ3v) is 5.30. The summed E-state index contributed by atoms with van der Waals surface area (Å²) in [5.41, 5.74) is 3.08. The van der Waals surface area contributed by atoms with Crippen molar-refractivity contribution in [1.82, 2.24) is 10.2 Å². The Balaban J connectivity index is 2.72. The summed E-state index contributed by atoms with van der Waals surface area (Å²) in [7, 11) is 1.88. The zero-order chi connectivity index (χ0) is 21.6. The average molecular weight is 401 g/mol. The van der Waals surface area contributed by atoms with Gasteiger partial charge in [-0.1, -0.05) is 32.4 Å². The van der Waals surface area contributed by atoms with Crippen LogP contribution in [0.15, 0.2) is 59.6 Å². The van der Waals surface area contributed by atoms with Crippen LogP contribution in [-0.4, -0.2) is 43.5 Å². The van der Waals surface area contributed by atoms with Gasteiger partial charge in [-0.2, -0.15) is 0 Å². The van der Waals surface area contributed by atoms with Gasteiger partial charge in [0.25, 0.3) is 0 Å². The van der Waals surface area contributed by atoms with Crippen molar-refractivity contribution in [2.75, 3.05) is 26.7 Å². The molecule has 0 bridgehead atoms. The van der Waals surface area contributed by atoms with E-state index in [0.717, 1.165) is 48.5 Å². The number of hydrogen-bond donors (Lipinski definition) is 1. The van der Waals surface area contributed by atoms with Gasteiger partial charge in [-0.05, 0) is 82.0 Å². The predicted octanol–water partition coefficient (Wildman–Crippen LogP) is 5.31. The lowest BCUT2D eigenvalue weighted by molar-refractivity contribution is -0.112. The van der Waals surface area contributed by atoms with Gasteiger partial charge in [0, 0.05) is 25.8 Å². The summed E-state index contributed by atoms with van der Waals surface area (Å²) in [6.07, 6.45) is 15.5. The van der Waals surface area contributed by atoms with Crippen LogP contribution < -0.4 is 5.32 Å². The van der Waals surface area contributed by atoms with E-state index in [0.29, 0.717) is 0 Å². The highest BCUT2D eigenvalue weighted by atomic mass is 16.5. The first-order valence-corrected chi connectivity index (χ1v) is 10.9. The third kappa shape index (κ3) is 9.80. The normalized spacial score (nSPS) is 18.0. The molecule has 1 saturated heterocycles. The molecule has 29 heavy (non-hydrogen) atoms. The molecule has 0 amide bonds. The second-order valence-electron chi connectivity index (χ2n) is 7.72. The molecule has 0 aliphatic carbocycles. The fourth-order valence-corrected chi connectivity index (χ4v) is 3.37. The van der Waals surface area contributed by atoms with E-state index >= 15 is 0 Å². The number of carbonyl (C=O) groups is 1. The lowest BCUT2D eigenvalue weighted by Crippen LogP contribution is -2.37. The average Bonchev–Trinajstić information content (AvgIpc) is 2.72. The van der Waals surface area contributed by atoms with Gasteiger partial charge in [0.2, 0.25) is 0 Å². The molecule has 0 aromatic carbocycles. The SMILES string of the molecule is C=C\C(=C/C=C(C)/C(/C=C\C(C)=O)=C(\C)NC)OC1CCN(CCCCC)CC1. The minimum Gasteiger partial charge on any atom is -0.490 e. The molecule has 1 heterocycles. The van der Waals surface area contributed by atoms with Crippen LogP contribution in [0.5, 0.6) is 0 Å². The van der Waals surface area contributed by atoms with Crippen LogP contribution in [-0.2, 0) is 9.53 Å². The monoisotopic (exact) mass is 400 g/mol. The van der Waals surface area contributed by atoms with Crippen molar-refractivity contribution >= 4 is 5.78 Å². The number of carbonyl (C=O) groups excluding carboxylic acids is 1. The second kappa shape index (κ2) is 14.0. The zero-order valence-electron chi connectivity index (χ0n) is 19.1. The number of unbranched alkanes of at least 4 members (excludes halogenated alkanes) is 2. The molecule has 0 radical (unpaired) electrons. The largest absolute Gasteiger partial charge is 0.490 e. The molecule has 1 fully saturated rings. The van der Waals surface area contributed by atoms with E-state index in [2.05, 4.69) is 23.7 Å². The smallest absolute Gasteiger partial charge is 0.152 e. The van der Waals surface area contributed by atoms with E-state index in [1.54, 1.807) is 19.1 Å². The van der Waals surface area contributed by atoms with E-state index < -0.39 is 0 Å². The van der Waals surface area contributed by atoms with Gasteiger partial charge in [-0.3, -0.25) is 4.79 Å². The quantitative estimate of drug-likeness (QED) is 0.209. The van der Waals surface area contributed by atoms with Gasteiger partial charge < -0.3 is 15.0 Å². The van der Waals surface area contributed by atoms with Crippen LogP contribution in [0.3, 0.4) is 0 Å². The van der Waals surface area contributed by atoms with Crippen molar-refractivity contribution in [3.8, 4) is 0 Å². The number of rotatable bonds is 12. The lowest BCUT2D eigenvalue weighted by Gasteiger charge is -2.32. The maximum absolute atomic E-state index is 11.3. The minimum absolute atomic E-state index is 0.0332. The fourth-order valence-electron chi connectivity index (χ4n) is 3.37. The minimum atomic E-state index is 0.0332. The molecule has 0 aromatic rings. The summed E-state index contributed by atoms with van der Waals surface area (Å²) >= 11 is 0. The van der Waals surface area contributed by atoms with Crippen molar-refractivity contribution in [3.05, 3.63) is 59.6 Å². The number of allylic oxidation sites excluding steroid dienone is 8. The number of likely N-dealkylation sites (tertiary alicyclic amines) is 1. The maximum atomic E-state index is 11.3. The molecular formula is C25H40N2O2. The van der Waals surface area contributed by atoms with E-state index in [-0.39, 0.29) is 11.9 Å². The summed E-state index contributed by atoms with van der Waals surface area (Å²) in [6, 6.07) is 0. The Labute approximate surface area is 178 Å². The molecular weight excluding hydrogens is 360 g/mol.